The van der Waals surface area contributed by atoms with Crippen LogP contribution in [0.3, 0.4) is 0 Å². The van der Waals surface area contributed by atoms with Crippen LogP contribution in [0.25, 0.3) is 0 Å². The second-order valence-electron chi connectivity index (χ2n) is 26.0. The van der Waals surface area contributed by atoms with Crippen LogP contribution in [0.1, 0.15) is 438 Å². The van der Waals surface area contributed by atoms with E-state index in [1.807, 2.05) is 0 Å². The molecule has 0 spiro atoms. The molecule has 2 atom stereocenters. The van der Waals surface area contributed by atoms with Gasteiger partial charge in [0.15, 0.2) is 0 Å². The van der Waals surface area contributed by atoms with Crippen molar-refractivity contribution in [1.82, 2.24) is 5.32 Å². The van der Waals surface area contributed by atoms with Gasteiger partial charge in [-0.05, 0) is 25.7 Å². The van der Waals surface area contributed by atoms with Crippen LogP contribution in [0.15, 0.2) is 0 Å². The van der Waals surface area contributed by atoms with E-state index in [4.69, 9.17) is 4.74 Å². The van der Waals surface area contributed by atoms with Crippen molar-refractivity contribution in [3.8, 4) is 0 Å². The number of hydrogen-bond acceptors (Lipinski definition) is 5. The van der Waals surface area contributed by atoms with Gasteiger partial charge in [0.1, 0.15) is 0 Å². The molecule has 0 radical (unpaired) electrons. The Bertz CT molecular complexity index is 1160. The summed E-state index contributed by atoms with van der Waals surface area (Å²) in [6.07, 6.45) is 86.1. The van der Waals surface area contributed by atoms with Gasteiger partial charge in [0.05, 0.1) is 25.4 Å². The molecule has 3 N–H and O–H groups in total. The summed E-state index contributed by atoms with van der Waals surface area (Å²) in [5.74, 6) is -0.000726. The normalized spacial score (nSPS) is 12.4. The molecule has 6 nitrogen and oxygen atoms in total. The lowest BCUT2D eigenvalue weighted by molar-refractivity contribution is -0.143. The molecule has 80 heavy (non-hydrogen) atoms. The molecule has 0 aliphatic rings. The Morgan fingerprint density at radius 3 is 0.762 bits per heavy atom. The van der Waals surface area contributed by atoms with Gasteiger partial charge >= 0.3 is 5.97 Å². The molecule has 0 aromatic heterocycles. The molecule has 2 unspecified atom stereocenters. The van der Waals surface area contributed by atoms with Crippen LogP contribution in [0.2, 0.25) is 0 Å². The third kappa shape index (κ3) is 66.0. The fourth-order valence-electron chi connectivity index (χ4n) is 12.2. The van der Waals surface area contributed by atoms with Crippen molar-refractivity contribution in [2.45, 2.75) is 450 Å². The van der Waals surface area contributed by atoms with Gasteiger partial charge in [0, 0.05) is 12.8 Å². The second kappa shape index (κ2) is 70.3. The summed E-state index contributed by atoms with van der Waals surface area (Å²) in [4.78, 5) is 24.6. The van der Waals surface area contributed by atoms with E-state index in [2.05, 4.69) is 19.2 Å². The number of rotatable bonds is 71. The highest BCUT2D eigenvalue weighted by molar-refractivity contribution is 5.76. The maximum absolute atomic E-state index is 12.5. The minimum atomic E-state index is -0.660. The number of amides is 1. The first-order valence-corrected chi connectivity index (χ1v) is 37.3. The number of esters is 1. The summed E-state index contributed by atoms with van der Waals surface area (Å²) in [7, 11) is 0. The lowest BCUT2D eigenvalue weighted by Gasteiger charge is -2.22. The maximum atomic E-state index is 12.5. The molecule has 0 aromatic carbocycles. The van der Waals surface area contributed by atoms with E-state index >= 15 is 0 Å². The van der Waals surface area contributed by atoms with E-state index in [0.29, 0.717) is 25.9 Å². The molecule has 478 valence electrons. The number of hydrogen-bond donors (Lipinski definition) is 3. The molecule has 0 saturated heterocycles. The zero-order chi connectivity index (χ0) is 57.8. The topological polar surface area (TPSA) is 95.9 Å². The minimum Gasteiger partial charge on any atom is -0.466 e. The van der Waals surface area contributed by atoms with E-state index in [9.17, 15) is 19.8 Å². The summed E-state index contributed by atoms with van der Waals surface area (Å²) in [6, 6.07) is -0.537. The van der Waals surface area contributed by atoms with Crippen LogP contribution >= 0.6 is 0 Å². The van der Waals surface area contributed by atoms with Gasteiger partial charge in [0.25, 0.3) is 0 Å². The Labute approximate surface area is 502 Å². The quantitative estimate of drug-likeness (QED) is 0.0417. The van der Waals surface area contributed by atoms with Gasteiger partial charge in [-0.15, -0.1) is 0 Å². The summed E-state index contributed by atoms with van der Waals surface area (Å²) in [5.41, 5.74) is 0. The summed E-state index contributed by atoms with van der Waals surface area (Å²) < 4.78 is 5.52. The lowest BCUT2D eigenvalue weighted by Crippen LogP contribution is -2.45. The van der Waals surface area contributed by atoms with Crippen molar-refractivity contribution < 1.29 is 24.5 Å². The number of ether oxygens (including phenoxy) is 1. The average molecular weight is 1130 g/mol. The fraction of sp³-hybridized carbons (Fsp3) is 0.973. The number of aliphatic hydroxyl groups excluding tert-OH is 2. The molecule has 0 aliphatic heterocycles. The summed E-state index contributed by atoms with van der Waals surface area (Å²) in [6.45, 7) is 5.01. The maximum Gasteiger partial charge on any atom is 0.305 e. The molecule has 0 aromatic rings. The van der Waals surface area contributed by atoms with Crippen molar-refractivity contribution >= 4 is 11.9 Å². The number of unbranched alkanes of at least 4 members (excludes halogenated alkanes) is 60. The van der Waals surface area contributed by atoms with Crippen molar-refractivity contribution in [1.29, 1.82) is 0 Å². The number of carbonyl (C=O) groups is 2. The molecule has 1 amide bonds. The summed E-state index contributed by atoms with van der Waals surface area (Å²) >= 11 is 0. The molecule has 0 rings (SSSR count). The molecular weight excluding hydrogens is 983 g/mol. The van der Waals surface area contributed by atoms with Gasteiger partial charge in [0.2, 0.25) is 5.91 Å². The molecular formula is C74H147NO5. The van der Waals surface area contributed by atoms with Gasteiger partial charge in [-0.25, -0.2) is 0 Å². The molecule has 0 aliphatic carbocycles. The molecule has 0 heterocycles. The molecule has 0 saturated carbocycles. The smallest absolute Gasteiger partial charge is 0.305 e. The minimum absolute atomic E-state index is 0.0264. The predicted octanol–water partition coefficient (Wildman–Crippen LogP) is 24.2. The molecule has 0 bridgehead atoms. The van der Waals surface area contributed by atoms with Crippen LogP contribution in [-0.2, 0) is 14.3 Å². The van der Waals surface area contributed by atoms with Crippen molar-refractivity contribution in [2.75, 3.05) is 13.2 Å². The Morgan fingerprint density at radius 1 is 0.300 bits per heavy atom. The van der Waals surface area contributed by atoms with E-state index in [-0.39, 0.29) is 18.5 Å². The van der Waals surface area contributed by atoms with Gasteiger partial charge < -0.3 is 20.3 Å². The monoisotopic (exact) mass is 1130 g/mol. The first-order chi connectivity index (χ1) is 39.5. The highest BCUT2D eigenvalue weighted by atomic mass is 16.5. The van der Waals surface area contributed by atoms with E-state index < -0.39 is 12.1 Å². The number of carbonyl (C=O) groups excluding carboxylic acids is 2. The SMILES string of the molecule is CCCCCCCCCCCCCCCCCCCCC(=O)OCCCCCCCCCCCCCCCCCCCCCCCCCCCCCCCCCC(=O)NC(CO)C(O)CCCCCCCCCCCCCCCC. The first-order valence-electron chi connectivity index (χ1n) is 37.3. The van der Waals surface area contributed by atoms with Gasteiger partial charge in [-0.1, -0.05) is 399 Å². The van der Waals surface area contributed by atoms with Gasteiger partial charge in [-0.3, -0.25) is 9.59 Å². The molecule has 6 heteroatoms. The van der Waals surface area contributed by atoms with Crippen LogP contribution in [0.4, 0.5) is 0 Å². The zero-order valence-corrected chi connectivity index (χ0v) is 54.9. The van der Waals surface area contributed by atoms with Gasteiger partial charge in [-0.2, -0.15) is 0 Å². The lowest BCUT2D eigenvalue weighted by atomic mass is 10.0. The van der Waals surface area contributed by atoms with Crippen LogP contribution in [-0.4, -0.2) is 47.4 Å². The third-order valence-electron chi connectivity index (χ3n) is 17.9. The van der Waals surface area contributed by atoms with Crippen molar-refractivity contribution in [2.24, 2.45) is 0 Å². The van der Waals surface area contributed by atoms with E-state index in [1.54, 1.807) is 0 Å². The first kappa shape index (κ1) is 78.9. The van der Waals surface area contributed by atoms with Crippen LogP contribution in [0.5, 0.6) is 0 Å². The summed E-state index contributed by atoms with van der Waals surface area (Å²) in [5, 5.41) is 23.3. The average Bonchev–Trinajstić information content (AvgIpc) is 3.46. The number of nitrogens with one attached hydrogen (secondary N) is 1. The Hall–Kier alpha value is -1.14. The molecule has 0 fully saturated rings. The second-order valence-corrected chi connectivity index (χ2v) is 26.0. The zero-order valence-electron chi connectivity index (χ0n) is 54.9. The van der Waals surface area contributed by atoms with Crippen molar-refractivity contribution in [3.05, 3.63) is 0 Å². The van der Waals surface area contributed by atoms with Crippen molar-refractivity contribution in [3.63, 3.8) is 0 Å². The standard InChI is InChI=1S/C74H147NO5/c1-3-5-7-9-11-13-15-17-19-20-37-40-44-48-52-56-60-64-68-74(79)80-69-65-61-57-53-49-45-41-38-35-33-31-29-27-25-23-21-22-24-26-28-30-32-34-36-39-43-47-51-55-59-63-67-73(78)75-71(70-76)72(77)66-62-58-54-50-46-42-18-16-14-12-10-8-6-4-2/h71-72,76-77H,3-70H2,1-2H3,(H,75,78). The number of aliphatic hydroxyl groups is 2. The Balaban J connectivity index is 3.29. The third-order valence-corrected chi connectivity index (χ3v) is 17.9. The van der Waals surface area contributed by atoms with Crippen LogP contribution < -0.4 is 5.32 Å². The highest BCUT2D eigenvalue weighted by Gasteiger charge is 2.20. The Kier molecular flexibility index (Phi) is 69.3. The predicted molar refractivity (Wildman–Crippen MR) is 352 cm³/mol. The Morgan fingerprint density at radius 2 is 0.512 bits per heavy atom. The van der Waals surface area contributed by atoms with E-state index in [1.165, 1.54) is 366 Å². The fourth-order valence-corrected chi connectivity index (χ4v) is 12.2. The van der Waals surface area contributed by atoms with Crippen LogP contribution in [0, 0.1) is 0 Å². The highest BCUT2D eigenvalue weighted by Crippen LogP contribution is 2.20. The largest absolute Gasteiger partial charge is 0.466 e. The van der Waals surface area contributed by atoms with E-state index in [0.717, 1.165) is 38.5 Å².